The van der Waals surface area contributed by atoms with Crippen LogP contribution < -0.4 is 0 Å². The number of pyridine rings is 1. The van der Waals surface area contributed by atoms with Gasteiger partial charge in [0.15, 0.2) is 0 Å². The van der Waals surface area contributed by atoms with Gasteiger partial charge in [-0.15, -0.1) is 0 Å². The van der Waals surface area contributed by atoms with Crippen molar-refractivity contribution < 1.29 is 9.90 Å². The Morgan fingerprint density at radius 2 is 2.24 bits per heavy atom. The van der Waals surface area contributed by atoms with Crippen molar-refractivity contribution in [2.24, 2.45) is 0 Å². The van der Waals surface area contributed by atoms with Gasteiger partial charge >= 0.3 is 5.97 Å². The molecule has 0 aliphatic rings. The maximum absolute atomic E-state index is 10.7. The number of rotatable bonds is 6. The summed E-state index contributed by atoms with van der Waals surface area (Å²) in [4.78, 5) is 17.1. The molecule has 17 heavy (non-hydrogen) atoms. The second-order valence-corrected chi connectivity index (χ2v) is 4.40. The molecular formula is C13H20N2O2. The summed E-state index contributed by atoms with van der Waals surface area (Å²) in [5.74, 6) is -0.934. The Morgan fingerprint density at radius 1 is 1.53 bits per heavy atom. The first-order valence-corrected chi connectivity index (χ1v) is 5.93. The lowest BCUT2D eigenvalue weighted by molar-refractivity contribution is 0.0696. The normalized spacial score (nSPS) is 12.7. The molecular weight excluding hydrogens is 216 g/mol. The van der Waals surface area contributed by atoms with Gasteiger partial charge in [0.1, 0.15) is 0 Å². The Balaban J connectivity index is 2.59. The summed E-state index contributed by atoms with van der Waals surface area (Å²) >= 11 is 0. The molecule has 4 nitrogen and oxygen atoms in total. The molecule has 0 bridgehead atoms. The monoisotopic (exact) mass is 236 g/mol. The zero-order valence-electron chi connectivity index (χ0n) is 10.7. The van der Waals surface area contributed by atoms with Gasteiger partial charge in [0.2, 0.25) is 0 Å². The lowest BCUT2D eigenvalue weighted by Gasteiger charge is -2.23. The van der Waals surface area contributed by atoms with E-state index in [9.17, 15) is 4.79 Å². The van der Waals surface area contributed by atoms with Crippen LogP contribution in [0.1, 0.15) is 42.7 Å². The Kier molecular flexibility index (Phi) is 5.10. The van der Waals surface area contributed by atoms with Crippen LogP contribution >= 0.6 is 0 Å². The molecule has 1 heterocycles. The van der Waals surface area contributed by atoms with Crippen molar-refractivity contribution in [2.45, 2.75) is 39.3 Å². The first kappa shape index (κ1) is 13.6. The molecule has 0 saturated carbocycles. The van der Waals surface area contributed by atoms with Crippen LogP contribution in [0.2, 0.25) is 0 Å². The molecule has 0 aliphatic carbocycles. The van der Waals surface area contributed by atoms with Crippen LogP contribution in [0.15, 0.2) is 18.3 Å². The number of nitrogens with zero attached hydrogens (tertiary/aromatic N) is 2. The Labute approximate surface area is 102 Å². The Hall–Kier alpha value is -1.42. The van der Waals surface area contributed by atoms with E-state index < -0.39 is 5.97 Å². The van der Waals surface area contributed by atoms with Gasteiger partial charge in [-0.3, -0.25) is 9.88 Å². The fraction of sp³-hybridized carbons (Fsp3) is 0.538. The molecule has 1 atom stereocenters. The van der Waals surface area contributed by atoms with E-state index in [0.717, 1.165) is 25.1 Å². The lowest BCUT2D eigenvalue weighted by atomic mass is 10.1. The number of carbonyl (C=O) groups is 1. The third-order valence-electron chi connectivity index (χ3n) is 2.94. The van der Waals surface area contributed by atoms with Crippen molar-refractivity contribution >= 4 is 5.97 Å². The summed E-state index contributed by atoms with van der Waals surface area (Å²) in [5.41, 5.74) is 1.14. The third-order valence-corrected chi connectivity index (χ3v) is 2.94. The SMILES string of the molecule is CCCC(C)N(C)Cc1ccc(C(=O)O)cn1. The Morgan fingerprint density at radius 3 is 2.71 bits per heavy atom. The molecule has 0 spiro atoms. The van der Waals surface area contributed by atoms with Crippen LogP contribution in [0.3, 0.4) is 0 Å². The van der Waals surface area contributed by atoms with Crippen molar-refractivity contribution in [2.75, 3.05) is 7.05 Å². The predicted octanol–water partition coefficient (Wildman–Crippen LogP) is 2.40. The molecule has 1 rings (SSSR count). The first-order chi connectivity index (χ1) is 8.04. The van der Waals surface area contributed by atoms with Gasteiger partial charge in [-0.2, -0.15) is 0 Å². The zero-order chi connectivity index (χ0) is 12.8. The molecule has 0 aromatic carbocycles. The molecule has 0 amide bonds. The van der Waals surface area contributed by atoms with Gasteiger partial charge in [0.05, 0.1) is 11.3 Å². The minimum absolute atomic E-state index is 0.234. The molecule has 94 valence electrons. The zero-order valence-corrected chi connectivity index (χ0v) is 10.7. The van der Waals surface area contributed by atoms with Gasteiger partial charge in [0, 0.05) is 18.8 Å². The van der Waals surface area contributed by atoms with E-state index in [2.05, 4.69) is 30.8 Å². The van der Waals surface area contributed by atoms with Gasteiger partial charge in [-0.25, -0.2) is 4.79 Å². The number of aromatic nitrogens is 1. The maximum Gasteiger partial charge on any atom is 0.337 e. The van der Waals surface area contributed by atoms with Crippen LogP contribution in [0.25, 0.3) is 0 Å². The van der Waals surface area contributed by atoms with Crippen molar-refractivity contribution in [3.8, 4) is 0 Å². The summed E-state index contributed by atoms with van der Waals surface area (Å²) in [7, 11) is 2.06. The van der Waals surface area contributed by atoms with Crippen LogP contribution in [-0.4, -0.2) is 34.0 Å². The quantitative estimate of drug-likeness (QED) is 0.824. The van der Waals surface area contributed by atoms with E-state index in [0.29, 0.717) is 6.04 Å². The van der Waals surface area contributed by atoms with E-state index in [-0.39, 0.29) is 5.56 Å². The first-order valence-electron chi connectivity index (χ1n) is 5.93. The summed E-state index contributed by atoms with van der Waals surface area (Å²) in [5, 5.41) is 8.77. The van der Waals surface area contributed by atoms with E-state index >= 15 is 0 Å². The largest absolute Gasteiger partial charge is 0.478 e. The van der Waals surface area contributed by atoms with Crippen molar-refractivity contribution in [3.05, 3.63) is 29.6 Å². The van der Waals surface area contributed by atoms with Gasteiger partial charge in [-0.1, -0.05) is 13.3 Å². The molecule has 1 N–H and O–H groups in total. The fourth-order valence-electron chi connectivity index (χ4n) is 1.69. The topological polar surface area (TPSA) is 53.4 Å². The molecule has 1 aromatic heterocycles. The average molecular weight is 236 g/mol. The highest BCUT2D eigenvalue weighted by Gasteiger charge is 2.10. The molecule has 0 radical (unpaired) electrons. The highest BCUT2D eigenvalue weighted by molar-refractivity contribution is 5.87. The van der Waals surface area contributed by atoms with E-state index in [1.807, 2.05) is 0 Å². The number of carboxylic acid groups (broad SMARTS) is 1. The molecule has 4 heteroatoms. The number of aromatic carboxylic acids is 1. The molecule has 0 fully saturated rings. The van der Waals surface area contributed by atoms with Crippen molar-refractivity contribution in [1.82, 2.24) is 9.88 Å². The van der Waals surface area contributed by atoms with Crippen LogP contribution in [-0.2, 0) is 6.54 Å². The molecule has 0 saturated heterocycles. The van der Waals surface area contributed by atoms with E-state index in [1.165, 1.54) is 6.20 Å². The van der Waals surface area contributed by atoms with Crippen LogP contribution in [0, 0.1) is 0 Å². The van der Waals surface area contributed by atoms with Crippen molar-refractivity contribution in [3.63, 3.8) is 0 Å². The van der Waals surface area contributed by atoms with E-state index in [4.69, 9.17) is 5.11 Å². The average Bonchev–Trinajstić information content (AvgIpc) is 2.30. The van der Waals surface area contributed by atoms with Gasteiger partial charge < -0.3 is 5.11 Å². The van der Waals surface area contributed by atoms with Gasteiger partial charge in [0.25, 0.3) is 0 Å². The lowest BCUT2D eigenvalue weighted by Crippen LogP contribution is -2.28. The smallest absolute Gasteiger partial charge is 0.337 e. The van der Waals surface area contributed by atoms with Crippen LogP contribution in [0.4, 0.5) is 0 Å². The minimum Gasteiger partial charge on any atom is -0.478 e. The second kappa shape index (κ2) is 6.35. The minimum atomic E-state index is -0.934. The summed E-state index contributed by atoms with van der Waals surface area (Å²) in [6, 6.07) is 3.89. The van der Waals surface area contributed by atoms with Crippen LogP contribution in [0.5, 0.6) is 0 Å². The highest BCUT2D eigenvalue weighted by atomic mass is 16.4. The maximum atomic E-state index is 10.7. The van der Waals surface area contributed by atoms with Gasteiger partial charge in [-0.05, 0) is 32.5 Å². The van der Waals surface area contributed by atoms with E-state index in [1.54, 1.807) is 12.1 Å². The second-order valence-electron chi connectivity index (χ2n) is 4.40. The number of carboxylic acids is 1. The highest BCUT2D eigenvalue weighted by Crippen LogP contribution is 2.09. The number of hydrogen-bond donors (Lipinski definition) is 1. The summed E-state index contributed by atoms with van der Waals surface area (Å²) in [6.45, 7) is 5.11. The van der Waals surface area contributed by atoms with Crippen molar-refractivity contribution in [1.29, 1.82) is 0 Å². The predicted molar refractivity (Wildman–Crippen MR) is 67.0 cm³/mol. The standard InChI is InChI=1S/C13H20N2O2/c1-4-5-10(2)15(3)9-12-7-6-11(8-14-12)13(16)17/h6-8,10H,4-5,9H2,1-3H3,(H,16,17). The molecule has 1 unspecified atom stereocenters. The molecule has 1 aromatic rings. The summed E-state index contributed by atoms with van der Waals surface area (Å²) in [6.07, 6.45) is 3.73. The summed E-state index contributed by atoms with van der Waals surface area (Å²) < 4.78 is 0. The Bertz CT molecular complexity index is 362. The molecule has 0 aliphatic heterocycles. The number of hydrogen-bond acceptors (Lipinski definition) is 3. The third kappa shape index (κ3) is 4.15. The fourth-order valence-corrected chi connectivity index (χ4v) is 1.69.